The lowest BCUT2D eigenvalue weighted by Gasteiger charge is -2.24. The number of hydroxylamine groups is 1. The van der Waals surface area contributed by atoms with Crippen LogP contribution in [0.3, 0.4) is 0 Å². The van der Waals surface area contributed by atoms with Crippen LogP contribution in [0.25, 0.3) is 0 Å². The topological polar surface area (TPSA) is 188 Å². The number of carboxylic acids is 1. The first-order valence-corrected chi connectivity index (χ1v) is 12.2. The van der Waals surface area contributed by atoms with Crippen molar-refractivity contribution < 1.29 is 43.4 Å². The van der Waals surface area contributed by atoms with E-state index in [1.807, 2.05) is 20.8 Å². The van der Waals surface area contributed by atoms with Gasteiger partial charge in [0.2, 0.25) is 0 Å². The van der Waals surface area contributed by atoms with Crippen molar-refractivity contribution in [3.05, 3.63) is 0 Å². The number of aliphatic carboxylic acids is 1. The van der Waals surface area contributed by atoms with Crippen LogP contribution in [0.4, 0.5) is 9.59 Å². The minimum Gasteiger partial charge on any atom is -0.480 e. The molecule has 14 heteroatoms. The van der Waals surface area contributed by atoms with Crippen molar-refractivity contribution in [2.45, 2.75) is 106 Å². The van der Waals surface area contributed by atoms with Crippen LogP contribution in [-0.2, 0) is 28.7 Å². The number of carboxylic acid groups (broad SMARTS) is 1. The number of nitrogens with two attached hydrogens (primary N) is 1. The number of ether oxygens (including phenoxy) is 2. The van der Waals surface area contributed by atoms with Crippen molar-refractivity contribution >= 4 is 36.5 Å². The molecule has 0 heterocycles. The van der Waals surface area contributed by atoms with E-state index in [2.05, 4.69) is 26.8 Å². The highest BCUT2D eigenvalue weighted by atomic mass is 35.5. The lowest BCUT2D eigenvalue weighted by molar-refractivity contribution is -0.140. The Morgan fingerprint density at radius 3 is 1.34 bits per heavy atom. The van der Waals surface area contributed by atoms with E-state index >= 15 is 0 Å². The van der Waals surface area contributed by atoms with Crippen LogP contribution in [0.15, 0.2) is 0 Å². The molecule has 3 amide bonds. The van der Waals surface area contributed by atoms with Crippen LogP contribution in [-0.4, -0.2) is 65.7 Å². The molecule has 0 spiro atoms. The molecule has 0 aliphatic rings. The van der Waals surface area contributed by atoms with E-state index < -0.39 is 47.3 Å². The summed E-state index contributed by atoms with van der Waals surface area (Å²) in [4.78, 5) is 54.2. The molecule has 0 bridgehead atoms. The first-order valence-electron chi connectivity index (χ1n) is 12.2. The zero-order valence-corrected chi connectivity index (χ0v) is 25.7. The summed E-state index contributed by atoms with van der Waals surface area (Å²) in [5, 5.41) is 13.7. The number of carbonyl (C=O) groups excluding carboxylic acids is 3. The molecule has 0 saturated carbocycles. The van der Waals surface area contributed by atoms with E-state index in [4.69, 9.17) is 19.4 Å². The third-order valence-electron chi connectivity index (χ3n) is 3.71. The lowest BCUT2D eigenvalue weighted by Crippen LogP contribution is -2.50. The molecular formula is C24H51ClN4O9. The first kappa shape index (κ1) is 42.7. The highest BCUT2D eigenvalue weighted by Crippen LogP contribution is 2.10. The summed E-state index contributed by atoms with van der Waals surface area (Å²) in [5.41, 5.74) is 1.06. The van der Waals surface area contributed by atoms with Crippen molar-refractivity contribution in [2.75, 3.05) is 13.2 Å². The van der Waals surface area contributed by atoms with Gasteiger partial charge in [0, 0.05) is 0 Å². The molecule has 0 aromatic rings. The van der Waals surface area contributed by atoms with E-state index in [-0.39, 0.29) is 24.2 Å². The Labute approximate surface area is 233 Å². The standard InChI is InChI=1S/C12H24N2O4.C10H19NO4.C2H7NO.ClH/c1-7-17-14-10(15)9(8(2)3)13-11(16)18-12(4,5)6;1-6(2)7(8(12)13)11-9(14)15-10(3,4)5;1-2-4-3;/h8-9H,7H2,1-6H3,(H,13,16)(H,14,15);6-7H,1-5H3,(H,11,14)(H,12,13);2-3H2,1H3;1H/t9-;7-;;/m00../s1. The monoisotopic (exact) mass is 574 g/mol. The Bertz CT molecular complexity index is 677. The average Bonchev–Trinajstić information content (AvgIpc) is 2.71. The highest BCUT2D eigenvalue weighted by Gasteiger charge is 2.27. The maximum atomic E-state index is 11.7. The summed E-state index contributed by atoms with van der Waals surface area (Å²) in [7, 11) is 0. The van der Waals surface area contributed by atoms with Gasteiger partial charge in [-0.25, -0.2) is 25.8 Å². The summed E-state index contributed by atoms with van der Waals surface area (Å²) in [6, 6.07) is -1.61. The van der Waals surface area contributed by atoms with Gasteiger partial charge in [0.05, 0.1) is 13.2 Å². The Morgan fingerprint density at radius 1 is 0.763 bits per heavy atom. The van der Waals surface area contributed by atoms with E-state index in [1.165, 1.54) is 0 Å². The molecule has 0 aliphatic heterocycles. The van der Waals surface area contributed by atoms with Gasteiger partial charge in [0.15, 0.2) is 0 Å². The molecule has 0 aromatic heterocycles. The maximum Gasteiger partial charge on any atom is 0.408 e. The normalized spacial score (nSPS) is 12.3. The number of nitrogens with one attached hydrogen (secondary N) is 3. The number of hydrogen-bond donors (Lipinski definition) is 5. The molecule has 6 N–H and O–H groups in total. The molecular weight excluding hydrogens is 524 g/mol. The second kappa shape index (κ2) is 21.6. The fraction of sp³-hybridized carbons (Fsp3) is 0.833. The van der Waals surface area contributed by atoms with Crippen LogP contribution in [0, 0.1) is 11.8 Å². The number of hydrogen-bond acceptors (Lipinski definition) is 9. The van der Waals surface area contributed by atoms with Crippen LogP contribution in [0.1, 0.15) is 83.1 Å². The van der Waals surface area contributed by atoms with Gasteiger partial charge in [-0.1, -0.05) is 27.7 Å². The van der Waals surface area contributed by atoms with Crippen molar-refractivity contribution in [3.8, 4) is 0 Å². The first-order chi connectivity index (χ1) is 16.7. The molecule has 0 saturated heterocycles. The fourth-order valence-corrected chi connectivity index (χ4v) is 2.12. The van der Waals surface area contributed by atoms with Gasteiger partial charge >= 0.3 is 18.2 Å². The second-order valence-electron chi connectivity index (χ2n) is 10.4. The Kier molecular flexibility index (Phi) is 24.3. The molecule has 38 heavy (non-hydrogen) atoms. The number of alkyl carbamates (subject to hydrolysis) is 2. The van der Waals surface area contributed by atoms with Gasteiger partial charge in [-0.3, -0.25) is 9.63 Å². The van der Waals surface area contributed by atoms with Crippen LogP contribution in [0.2, 0.25) is 0 Å². The van der Waals surface area contributed by atoms with Gasteiger partial charge in [0.1, 0.15) is 23.3 Å². The van der Waals surface area contributed by atoms with Crippen molar-refractivity contribution in [3.63, 3.8) is 0 Å². The molecule has 228 valence electrons. The molecule has 13 nitrogen and oxygen atoms in total. The molecule has 0 rings (SSSR count). The van der Waals surface area contributed by atoms with Crippen molar-refractivity contribution in [2.24, 2.45) is 17.7 Å². The SMILES string of the molecule is CC(C)[C@H](NC(=O)OC(C)(C)C)C(=O)O.CCON.CCONC(=O)[C@@H](NC(=O)OC(C)(C)C)C(C)C.Cl. The predicted octanol–water partition coefficient (Wildman–Crippen LogP) is 3.54. The van der Waals surface area contributed by atoms with Crippen LogP contribution >= 0.6 is 12.4 Å². The Balaban J connectivity index is -0.000000263. The van der Waals surface area contributed by atoms with E-state index in [0.29, 0.717) is 13.2 Å². The summed E-state index contributed by atoms with van der Waals surface area (Å²) in [5.74, 6) is 2.82. The molecule has 0 aliphatic carbocycles. The zero-order chi connectivity index (χ0) is 30.0. The van der Waals surface area contributed by atoms with Crippen molar-refractivity contribution in [1.82, 2.24) is 16.1 Å². The van der Waals surface area contributed by atoms with Crippen LogP contribution in [0.5, 0.6) is 0 Å². The summed E-state index contributed by atoms with van der Waals surface area (Å²) >= 11 is 0. The second-order valence-corrected chi connectivity index (χ2v) is 10.4. The Morgan fingerprint density at radius 2 is 1.11 bits per heavy atom. The number of rotatable bonds is 9. The van der Waals surface area contributed by atoms with Gasteiger partial charge in [-0.15, -0.1) is 12.4 Å². The number of halogens is 1. The molecule has 2 atom stereocenters. The van der Waals surface area contributed by atoms with Gasteiger partial charge < -0.3 is 30.1 Å². The van der Waals surface area contributed by atoms with Gasteiger partial charge in [-0.05, 0) is 67.2 Å². The van der Waals surface area contributed by atoms with Gasteiger partial charge in [-0.2, -0.15) is 0 Å². The highest BCUT2D eigenvalue weighted by molar-refractivity contribution is 5.85. The van der Waals surface area contributed by atoms with Crippen LogP contribution < -0.4 is 22.0 Å². The third kappa shape index (κ3) is 26.7. The van der Waals surface area contributed by atoms with E-state index in [9.17, 15) is 19.2 Å². The van der Waals surface area contributed by atoms with E-state index in [1.54, 1.807) is 62.3 Å². The molecule has 0 aromatic carbocycles. The number of carbonyl (C=O) groups is 4. The average molecular weight is 575 g/mol. The molecule has 0 fully saturated rings. The van der Waals surface area contributed by atoms with Crippen molar-refractivity contribution in [1.29, 1.82) is 0 Å². The van der Waals surface area contributed by atoms with E-state index in [0.717, 1.165) is 0 Å². The quantitative estimate of drug-likeness (QED) is 0.255. The third-order valence-corrected chi connectivity index (χ3v) is 3.71. The summed E-state index contributed by atoms with van der Waals surface area (Å²) < 4.78 is 10.1. The fourth-order valence-electron chi connectivity index (χ4n) is 2.12. The zero-order valence-electron chi connectivity index (χ0n) is 24.9. The minimum absolute atomic E-state index is 0. The maximum absolute atomic E-state index is 11.7. The molecule has 0 radical (unpaired) electrons. The van der Waals surface area contributed by atoms with Gasteiger partial charge in [0.25, 0.3) is 5.91 Å². The minimum atomic E-state index is -1.06. The predicted molar refractivity (Wildman–Crippen MR) is 146 cm³/mol. The number of amides is 3. The molecule has 0 unspecified atom stereocenters. The Hall–Kier alpha value is -2.35. The lowest BCUT2D eigenvalue weighted by atomic mass is 10.0. The smallest absolute Gasteiger partial charge is 0.408 e. The summed E-state index contributed by atoms with van der Waals surface area (Å²) in [6.07, 6.45) is -1.32. The largest absolute Gasteiger partial charge is 0.480 e. The summed E-state index contributed by atoms with van der Waals surface area (Å²) in [6.45, 7) is 22.1.